The zero-order valence-electron chi connectivity index (χ0n) is 32.5. The first-order valence-corrected chi connectivity index (χ1v) is 21.8. The number of ether oxygens (including phenoxy) is 5. The Balaban J connectivity index is 1.29. The minimum atomic E-state index is -4.06. The highest BCUT2D eigenvalue weighted by Gasteiger charge is 2.44. The number of benzene rings is 3. The number of amides is 1. The number of aliphatic hydroxyl groups is 1. The van der Waals surface area contributed by atoms with Gasteiger partial charge in [0.05, 0.1) is 55.2 Å². The van der Waals surface area contributed by atoms with Gasteiger partial charge in [-0.1, -0.05) is 44.2 Å². The summed E-state index contributed by atoms with van der Waals surface area (Å²) in [7, 11) is -6.62. The lowest BCUT2D eigenvalue weighted by Gasteiger charge is -2.31. The summed E-state index contributed by atoms with van der Waals surface area (Å²) in [6, 6.07) is 19.9. The van der Waals surface area contributed by atoms with E-state index in [1.165, 1.54) is 23.5 Å². The molecule has 5 rings (SSSR count). The van der Waals surface area contributed by atoms with Gasteiger partial charge in [-0.15, -0.1) is 0 Å². The van der Waals surface area contributed by atoms with Gasteiger partial charge >= 0.3 is 19.7 Å². The SMILES string of the molecule is CCOC(=O)COP(=O)(Oc1ccccc1)c1ccc(CNC[C@H](NC(=O)O[C@H]2CO[C@H]3OCC[C@H]32)[C@H](O)CN(CC(C)C)S(=O)(=O)c2ccc(OC)cc2)cc1. The first-order chi connectivity index (χ1) is 27.3. The number of carbonyl (C=O) groups excluding carboxylic acids is 2. The largest absolute Gasteiger partial charge is 0.497 e. The zero-order valence-corrected chi connectivity index (χ0v) is 34.2. The summed E-state index contributed by atoms with van der Waals surface area (Å²) in [6.45, 7) is 5.60. The highest BCUT2D eigenvalue weighted by Crippen LogP contribution is 2.47. The van der Waals surface area contributed by atoms with E-state index in [9.17, 15) is 27.7 Å². The second-order valence-corrected chi connectivity index (χ2v) is 17.8. The van der Waals surface area contributed by atoms with Crippen molar-refractivity contribution in [3.05, 3.63) is 84.4 Å². The summed E-state index contributed by atoms with van der Waals surface area (Å²) >= 11 is 0. The predicted molar refractivity (Wildman–Crippen MR) is 209 cm³/mol. The second kappa shape index (κ2) is 20.6. The first-order valence-electron chi connectivity index (χ1n) is 18.8. The number of para-hydroxylation sites is 1. The molecule has 0 radical (unpaired) electrons. The van der Waals surface area contributed by atoms with Crippen LogP contribution in [0.15, 0.2) is 83.8 Å². The standard InChI is InChI=1S/C39H52N3O13PS/c1-5-50-37(44)26-53-56(46,55-30-9-7-6-8-10-30)31-15-11-28(12-16-31)21-40-22-34(41-39(45)54-36-25-52-38-33(36)19-20-51-38)35(43)24-42(23-27(2)3)57(47,48)32-17-13-29(49-4)14-18-32/h6-18,27,33-36,38,40,43H,5,19-26H2,1-4H3,(H,41,45)/t33-,34-,35+,36-,38+,56?/m0/s1. The number of hydrogen-bond acceptors (Lipinski definition) is 14. The van der Waals surface area contributed by atoms with Crippen molar-refractivity contribution >= 4 is 35.0 Å². The quantitative estimate of drug-likeness (QED) is 0.103. The molecule has 16 nitrogen and oxygen atoms in total. The minimum Gasteiger partial charge on any atom is -0.497 e. The van der Waals surface area contributed by atoms with E-state index in [1.54, 1.807) is 73.7 Å². The van der Waals surface area contributed by atoms with E-state index in [1.807, 2.05) is 13.8 Å². The van der Waals surface area contributed by atoms with Crippen LogP contribution in [0.4, 0.5) is 4.79 Å². The van der Waals surface area contributed by atoms with Crippen LogP contribution in [0.1, 0.15) is 32.8 Å². The minimum absolute atomic E-state index is 0.00468. The molecular weight excluding hydrogens is 781 g/mol. The molecular formula is C39H52N3O13PS. The number of hydrogen-bond donors (Lipinski definition) is 3. The fourth-order valence-corrected chi connectivity index (χ4v) is 9.46. The molecule has 3 aromatic carbocycles. The number of alkyl carbamates (subject to hydrolysis) is 1. The Labute approximate surface area is 333 Å². The van der Waals surface area contributed by atoms with Gasteiger partial charge in [0.15, 0.2) is 12.9 Å². The molecule has 2 aliphatic heterocycles. The number of fused-ring (bicyclic) bond motifs is 1. The van der Waals surface area contributed by atoms with Gasteiger partial charge in [-0.05, 0) is 73.4 Å². The summed E-state index contributed by atoms with van der Waals surface area (Å²) in [5, 5.41) is 17.8. The number of carbonyl (C=O) groups is 2. The van der Waals surface area contributed by atoms with Gasteiger partial charge in [-0.2, -0.15) is 4.31 Å². The molecule has 2 aliphatic rings. The lowest BCUT2D eigenvalue weighted by Crippen LogP contribution is -2.54. The van der Waals surface area contributed by atoms with Gasteiger partial charge in [0, 0.05) is 26.2 Å². The van der Waals surface area contributed by atoms with E-state index in [2.05, 4.69) is 10.6 Å². The van der Waals surface area contributed by atoms with Crippen molar-refractivity contribution in [2.75, 3.05) is 53.2 Å². The van der Waals surface area contributed by atoms with Crippen molar-refractivity contribution in [1.82, 2.24) is 14.9 Å². The summed E-state index contributed by atoms with van der Waals surface area (Å²) < 4.78 is 81.2. The smallest absolute Gasteiger partial charge is 0.411 e. The van der Waals surface area contributed by atoms with Crippen molar-refractivity contribution < 1.29 is 60.4 Å². The van der Waals surface area contributed by atoms with Crippen molar-refractivity contribution in [2.45, 2.75) is 63.2 Å². The normalized spacial score (nSPS) is 20.0. The van der Waals surface area contributed by atoms with Crippen LogP contribution in [0.3, 0.4) is 0 Å². The van der Waals surface area contributed by atoms with E-state index < -0.39 is 60.8 Å². The fourth-order valence-electron chi connectivity index (χ4n) is 6.35. The molecule has 1 amide bonds. The van der Waals surface area contributed by atoms with E-state index in [0.29, 0.717) is 18.8 Å². The number of rotatable bonds is 21. The molecule has 1 unspecified atom stereocenters. The fraction of sp³-hybridized carbons (Fsp3) is 0.487. The van der Waals surface area contributed by atoms with Crippen LogP contribution < -0.4 is 25.2 Å². The Hall–Kier alpha value is -4.06. The molecule has 3 N–H and O–H groups in total. The van der Waals surface area contributed by atoms with Crippen LogP contribution in [0.5, 0.6) is 11.5 Å². The third-order valence-corrected chi connectivity index (χ3v) is 12.9. The predicted octanol–water partition coefficient (Wildman–Crippen LogP) is 3.83. The summed E-state index contributed by atoms with van der Waals surface area (Å²) in [5.41, 5.74) is 0.727. The first kappa shape index (κ1) is 44.1. The average Bonchev–Trinajstić information content (AvgIpc) is 3.82. The van der Waals surface area contributed by atoms with E-state index in [4.69, 9.17) is 32.7 Å². The molecule has 0 spiro atoms. The van der Waals surface area contributed by atoms with Crippen LogP contribution in [0.2, 0.25) is 0 Å². The van der Waals surface area contributed by atoms with Gasteiger partial charge in [0.1, 0.15) is 17.6 Å². The molecule has 2 heterocycles. The maximum atomic E-state index is 14.0. The second-order valence-electron chi connectivity index (χ2n) is 14.0. The molecule has 312 valence electrons. The third kappa shape index (κ3) is 12.2. The number of esters is 1. The average molecular weight is 834 g/mol. The maximum Gasteiger partial charge on any atom is 0.411 e. The van der Waals surface area contributed by atoms with E-state index >= 15 is 0 Å². The topological polar surface area (TPSA) is 197 Å². The van der Waals surface area contributed by atoms with E-state index in [-0.39, 0.29) is 67.2 Å². The number of nitrogens with one attached hydrogen (secondary N) is 2. The van der Waals surface area contributed by atoms with Crippen molar-refractivity contribution in [3.8, 4) is 11.5 Å². The Bertz CT molecular complexity index is 1900. The van der Waals surface area contributed by atoms with Gasteiger partial charge in [0.2, 0.25) is 10.0 Å². The number of methoxy groups -OCH3 is 1. The van der Waals surface area contributed by atoms with Crippen molar-refractivity contribution in [3.63, 3.8) is 0 Å². The van der Waals surface area contributed by atoms with Crippen LogP contribution in [0, 0.1) is 11.8 Å². The molecule has 3 aromatic rings. The Morgan fingerprint density at radius 3 is 2.37 bits per heavy atom. The highest BCUT2D eigenvalue weighted by molar-refractivity contribution is 7.89. The van der Waals surface area contributed by atoms with Gasteiger partial charge in [-0.3, -0.25) is 4.52 Å². The Morgan fingerprint density at radius 2 is 1.70 bits per heavy atom. The summed E-state index contributed by atoms with van der Waals surface area (Å²) in [6.07, 6.45) is -2.48. The molecule has 0 saturated carbocycles. The molecule has 2 fully saturated rings. The lowest BCUT2D eigenvalue weighted by atomic mass is 10.0. The summed E-state index contributed by atoms with van der Waals surface area (Å²) in [4.78, 5) is 25.4. The molecule has 2 saturated heterocycles. The number of aliphatic hydroxyl groups excluding tert-OH is 1. The molecule has 57 heavy (non-hydrogen) atoms. The van der Waals surface area contributed by atoms with Crippen molar-refractivity contribution in [1.29, 1.82) is 0 Å². The van der Waals surface area contributed by atoms with Gasteiger partial charge < -0.3 is 43.9 Å². The molecule has 0 aliphatic carbocycles. The molecule has 6 atom stereocenters. The molecule has 18 heteroatoms. The third-order valence-electron chi connectivity index (χ3n) is 9.24. The lowest BCUT2D eigenvalue weighted by molar-refractivity contribution is -0.145. The monoisotopic (exact) mass is 833 g/mol. The van der Waals surface area contributed by atoms with E-state index in [0.717, 1.165) is 5.56 Å². The van der Waals surface area contributed by atoms with Gasteiger partial charge in [-0.25, -0.2) is 22.6 Å². The van der Waals surface area contributed by atoms with Gasteiger partial charge in [0.25, 0.3) is 0 Å². The Kier molecular flexibility index (Phi) is 15.9. The molecule has 0 bridgehead atoms. The van der Waals surface area contributed by atoms with Crippen LogP contribution in [0.25, 0.3) is 0 Å². The number of nitrogens with zero attached hydrogens (tertiary/aromatic N) is 1. The van der Waals surface area contributed by atoms with Crippen molar-refractivity contribution in [2.24, 2.45) is 11.8 Å². The van der Waals surface area contributed by atoms with Crippen LogP contribution in [-0.4, -0.2) is 108 Å². The summed E-state index contributed by atoms with van der Waals surface area (Å²) in [5.74, 6) is -0.112. The van der Waals surface area contributed by atoms with Crippen LogP contribution in [-0.2, 0) is 49.4 Å². The molecule has 0 aromatic heterocycles. The highest BCUT2D eigenvalue weighted by atomic mass is 32.2. The van der Waals surface area contributed by atoms with Crippen LogP contribution >= 0.6 is 7.60 Å². The number of sulfonamides is 1. The zero-order chi connectivity index (χ0) is 41.0. The Morgan fingerprint density at radius 1 is 0.982 bits per heavy atom. The maximum absolute atomic E-state index is 14.0.